The molecule has 0 radical (unpaired) electrons. The van der Waals surface area contributed by atoms with Crippen LogP contribution in [0.25, 0.3) is 0 Å². The van der Waals surface area contributed by atoms with Gasteiger partial charge in [-0.05, 0) is 24.3 Å². The Balaban J connectivity index is 1.50. The van der Waals surface area contributed by atoms with Crippen LogP contribution < -0.4 is 10.6 Å². The number of oxazole rings is 1. The van der Waals surface area contributed by atoms with Crippen LogP contribution >= 0.6 is 23.1 Å². The van der Waals surface area contributed by atoms with Gasteiger partial charge in [0.25, 0.3) is 0 Å². The minimum absolute atomic E-state index is 0.357. The number of rotatable bonds is 6. The van der Waals surface area contributed by atoms with E-state index in [4.69, 9.17) is 4.42 Å². The third-order valence-electron chi connectivity index (χ3n) is 3.09. The maximum Gasteiger partial charge on any atom is 0.325 e. The lowest BCUT2D eigenvalue weighted by Gasteiger charge is -2.04. The Hall–Kier alpha value is -2.39. The molecule has 2 amide bonds. The molecule has 0 atom stereocenters. The summed E-state index contributed by atoms with van der Waals surface area (Å²) in [7, 11) is 0. The Morgan fingerprint density at radius 1 is 1.24 bits per heavy atom. The number of hydrogen-bond donors (Lipinski definition) is 2. The molecule has 130 valence electrons. The molecule has 0 spiro atoms. The van der Waals surface area contributed by atoms with Gasteiger partial charge in [-0.25, -0.2) is 19.2 Å². The number of thiazole rings is 1. The Morgan fingerprint density at radius 2 is 2.04 bits per heavy atom. The highest BCUT2D eigenvalue weighted by atomic mass is 32.2. The van der Waals surface area contributed by atoms with Gasteiger partial charge in [0.05, 0.1) is 22.4 Å². The number of nitrogens with one attached hydrogen (secondary N) is 2. The van der Waals surface area contributed by atoms with Gasteiger partial charge in [0.2, 0.25) is 5.89 Å². The molecular formula is C16H15FN4O2S2. The van der Waals surface area contributed by atoms with Gasteiger partial charge < -0.3 is 9.73 Å². The molecule has 25 heavy (non-hydrogen) atoms. The molecule has 0 fully saturated rings. The highest BCUT2D eigenvalue weighted by Gasteiger charge is 2.09. The molecule has 0 unspecified atom stereocenters. The van der Waals surface area contributed by atoms with E-state index in [1.54, 1.807) is 12.4 Å². The normalized spacial score (nSPS) is 10.6. The fourth-order valence-electron chi connectivity index (χ4n) is 1.89. The monoisotopic (exact) mass is 378 g/mol. The fourth-order valence-corrected chi connectivity index (χ4v) is 3.61. The number of anilines is 2. The van der Waals surface area contributed by atoms with Gasteiger partial charge in [-0.15, -0.1) is 11.8 Å². The molecule has 0 saturated heterocycles. The molecule has 2 N–H and O–H groups in total. The molecule has 0 aliphatic carbocycles. The molecule has 6 nitrogen and oxygen atoms in total. The zero-order valence-corrected chi connectivity index (χ0v) is 14.9. The van der Waals surface area contributed by atoms with Crippen molar-refractivity contribution in [3.63, 3.8) is 0 Å². The minimum atomic E-state index is -0.433. The fraction of sp³-hybridized carbons (Fsp3) is 0.188. The van der Waals surface area contributed by atoms with Crippen molar-refractivity contribution in [1.29, 1.82) is 0 Å². The number of thioether (sulfide) groups is 1. The third kappa shape index (κ3) is 5.04. The van der Waals surface area contributed by atoms with Crippen molar-refractivity contribution in [2.45, 2.75) is 23.3 Å². The molecule has 0 aliphatic rings. The first-order chi connectivity index (χ1) is 12.1. The topological polar surface area (TPSA) is 80.0 Å². The summed E-state index contributed by atoms with van der Waals surface area (Å²) in [5.74, 6) is 1.77. The van der Waals surface area contributed by atoms with E-state index in [9.17, 15) is 9.18 Å². The Labute approximate surface area is 151 Å². The van der Waals surface area contributed by atoms with Gasteiger partial charge in [-0.3, -0.25) is 5.32 Å². The van der Waals surface area contributed by atoms with Gasteiger partial charge in [0, 0.05) is 12.1 Å². The lowest BCUT2D eigenvalue weighted by Crippen LogP contribution is -2.19. The van der Waals surface area contributed by atoms with Crippen LogP contribution in [-0.2, 0) is 12.2 Å². The Bertz CT molecular complexity index is 848. The summed E-state index contributed by atoms with van der Waals surface area (Å²) in [5, 5.41) is 5.74. The van der Waals surface area contributed by atoms with Gasteiger partial charge in [0.1, 0.15) is 11.6 Å². The molecule has 2 heterocycles. The van der Waals surface area contributed by atoms with Gasteiger partial charge in [0.15, 0.2) is 5.13 Å². The first kappa shape index (κ1) is 17.4. The van der Waals surface area contributed by atoms with Gasteiger partial charge >= 0.3 is 6.03 Å². The number of amides is 2. The molecule has 2 aromatic heterocycles. The standard InChI is InChI=1S/C16H15FN4O2S2/c1-2-12-7-18-13(23-12)9-24-14-8-19-16(25-14)21-15(22)20-11-5-3-10(17)4-6-11/h3-8H,2,9H2,1H3,(H2,19,20,21,22). The van der Waals surface area contributed by atoms with Crippen LogP contribution in [0.15, 0.2) is 45.3 Å². The van der Waals surface area contributed by atoms with Crippen molar-refractivity contribution < 1.29 is 13.6 Å². The zero-order chi connectivity index (χ0) is 17.6. The van der Waals surface area contributed by atoms with Crippen molar-refractivity contribution in [3.8, 4) is 0 Å². The Kier molecular flexibility index (Phi) is 5.67. The summed E-state index contributed by atoms with van der Waals surface area (Å²) >= 11 is 2.89. The number of halogens is 1. The van der Waals surface area contributed by atoms with Crippen LogP contribution in [0.2, 0.25) is 0 Å². The lowest BCUT2D eigenvalue weighted by molar-refractivity contribution is 0.262. The predicted octanol–water partition coefficient (Wildman–Crippen LogP) is 4.77. The number of carbonyl (C=O) groups excluding carboxylic acids is 1. The molecule has 1 aromatic carbocycles. The van der Waals surface area contributed by atoms with E-state index in [-0.39, 0.29) is 5.82 Å². The van der Waals surface area contributed by atoms with Gasteiger partial charge in [-0.2, -0.15) is 0 Å². The van der Waals surface area contributed by atoms with E-state index in [1.165, 1.54) is 47.4 Å². The highest BCUT2D eigenvalue weighted by molar-refractivity contribution is 8.00. The first-order valence-corrected chi connectivity index (χ1v) is 9.28. The molecule has 3 rings (SSSR count). The van der Waals surface area contributed by atoms with Crippen LogP contribution in [0.1, 0.15) is 18.6 Å². The molecule has 0 bridgehead atoms. The average Bonchev–Trinajstić information content (AvgIpc) is 3.24. The predicted molar refractivity (Wildman–Crippen MR) is 96.6 cm³/mol. The van der Waals surface area contributed by atoms with Crippen LogP contribution in [0.5, 0.6) is 0 Å². The van der Waals surface area contributed by atoms with E-state index in [0.717, 1.165) is 16.4 Å². The quantitative estimate of drug-likeness (QED) is 0.604. The zero-order valence-electron chi connectivity index (χ0n) is 13.3. The minimum Gasteiger partial charge on any atom is -0.445 e. The van der Waals surface area contributed by atoms with Crippen LogP contribution in [-0.4, -0.2) is 16.0 Å². The lowest BCUT2D eigenvalue weighted by atomic mass is 10.3. The number of benzene rings is 1. The summed E-state index contributed by atoms with van der Waals surface area (Å²) in [4.78, 5) is 20.3. The van der Waals surface area contributed by atoms with Crippen molar-refractivity contribution in [3.05, 3.63) is 54.1 Å². The number of hydrogen-bond acceptors (Lipinski definition) is 6. The van der Waals surface area contributed by atoms with Crippen molar-refractivity contribution in [2.75, 3.05) is 10.6 Å². The number of carbonyl (C=O) groups is 1. The van der Waals surface area contributed by atoms with Crippen LogP contribution in [0.4, 0.5) is 20.0 Å². The maximum absolute atomic E-state index is 12.8. The van der Waals surface area contributed by atoms with E-state index in [0.29, 0.717) is 22.5 Å². The molecule has 9 heteroatoms. The van der Waals surface area contributed by atoms with E-state index in [1.807, 2.05) is 6.92 Å². The van der Waals surface area contributed by atoms with Crippen molar-refractivity contribution >= 4 is 39.9 Å². The first-order valence-electron chi connectivity index (χ1n) is 7.48. The van der Waals surface area contributed by atoms with Crippen molar-refractivity contribution in [1.82, 2.24) is 9.97 Å². The maximum atomic E-state index is 12.8. The Morgan fingerprint density at radius 3 is 2.76 bits per heavy atom. The summed E-state index contributed by atoms with van der Waals surface area (Å²) in [6, 6.07) is 5.09. The third-order valence-corrected chi connectivity index (χ3v) is 5.19. The molecule has 0 aliphatic heterocycles. The SMILES string of the molecule is CCc1cnc(CSc2cnc(NC(=O)Nc3ccc(F)cc3)s2)o1. The van der Waals surface area contributed by atoms with Crippen LogP contribution in [0, 0.1) is 5.82 Å². The largest absolute Gasteiger partial charge is 0.445 e. The summed E-state index contributed by atoms with van der Waals surface area (Å²) < 4.78 is 19.3. The van der Waals surface area contributed by atoms with Crippen LogP contribution in [0.3, 0.4) is 0 Å². The number of aryl methyl sites for hydroxylation is 1. The second-order valence-electron chi connectivity index (χ2n) is 4.93. The second-order valence-corrected chi connectivity index (χ2v) is 7.24. The number of urea groups is 1. The summed E-state index contributed by atoms with van der Waals surface area (Å²) in [5.41, 5.74) is 0.501. The van der Waals surface area contributed by atoms with E-state index < -0.39 is 6.03 Å². The van der Waals surface area contributed by atoms with E-state index in [2.05, 4.69) is 20.6 Å². The number of aromatic nitrogens is 2. The summed E-state index contributed by atoms with van der Waals surface area (Å²) in [6.45, 7) is 2.01. The molecule has 3 aromatic rings. The molecule has 0 saturated carbocycles. The number of nitrogens with zero attached hydrogens (tertiary/aromatic N) is 2. The second kappa shape index (κ2) is 8.13. The van der Waals surface area contributed by atoms with E-state index >= 15 is 0 Å². The average molecular weight is 378 g/mol. The highest BCUT2D eigenvalue weighted by Crippen LogP contribution is 2.30. The summed E-state index contributed by atoms with van der Waals surface area (Å²) in [6.07, 6.45) is 4.23. The van der Waals surface area contributed by atoms with Crippen molar-refractivity contribution in [2.24, 2.45) is 0 Å². The van der Waals surface area contributed by atoms with Gasteiger partial charge in [-0.1, -0.05) is 18.3 Å². The molecular weight excluding hydrogens is 363 g/mol. The smallest absolute Gasteiger partial charge is 0.325 e.